The highest BCUT2D eigenvalue weighted by molar-refractivity contribution is 5.99. The van der Waals surface area contributed by atoms with Gasteiger partial charge in [-0.3, -0.25) is 4.79 Å². The van der Waals surface area contributed by atoms with Crippen LogP contribution in [0.25, 0.3) is 11.3 Å². The van der Waals surface area contributed by atoms with Crippen LogP contribution in [0.5, 0.6) is 0 Å². The molecule has 12 heteroatoms. The van der Waals surface area contributed by atoms with Crippen molar-refractivity contribution in [1.82, 2.24) is 35.1 Å². The summed E-state index contributed by atoms with van der Waals surface area (Å²) < 4.78 is 0. The van der Waals surface area contributed by atoms with E-state index in [2.05, 4.69) is 76.4 Å². The lowest BCUT2D eigenvalue weighted by atomic mass is 10.2. The number of pyridine rings is 1. The van der Waals surface area contributed by atoms with E-state index in [1.54, 1.807) is 18.2 Å². The number of nitriles is 1. The molecule has 0 spiro atoms. The van der Waals surface area contributed by atoms with Crippen LogP contribution >= 0.6 is 0 Å². The highest BCUT2D eigenvalue weighted by atomic mass is 16.1. The molecule has 4 heterocycles. The summed E-state index contributed by atoms with van der Waals surface area (Å²) in [6, 6.07) is 15.4. The minimum Gasteiger partial charge on any atom is -0.369 e. The van der Waals surface area contributed by atoms with Crippen LogP contribution in [0.3, 0.4) is 0 Å². The maximum absolute atomic E-state index is 12.9. The van der Waals surface area contributed by atoms with Crippen molar-refractivity contribution in [2.45, 2.75) is 0 Å². The van der Waals surface area contributed by atoms with Gasteiger partial charge in [0.2, 0.25) is 11.8 Å². The normalized spacial score (nSPS) is 13.2. The molecular formula is C29H29N11O. The van der Waals surface area contributed by atoms with E-state index >= 15 is 0 Å². The lowest BCUT2D eigenvalue weighted by molar-refractivity contribution is 0.0958. The number of benzene rings is 1. The van der Waals surface area contributed by atoms with E-state index in [1.165, 1.54) is 24.3 Å². The molecule has 3 N–H and O–H groups in total. The molecule has 4 aromatic rings. The van der Waals surface area contributed by atoms with Crippen LogP contribution in [0.1, 0.15) is 16.2 Å². The maximum Gasteiger partial charge on any atom is 0.256 e. The number of anilines is 5. The second-order valence-corrected chi connectivity index (χ2v) is 9.36. The van der Waals surface area contributed by atoms with E-state index in [1.807, 2.05) is 24.3 Å². The van der Waals surface area contributed by atoms with Crippen LogP contribution in [0.15, 0.2) is 73.7 Å². The number of piperazine rings is 1. The molecule has 12 nitrogen and oxygen atoms in total. The molecule has 0 radical (unpaired) electrons. The van der Waals surface area contributed by atoms with Crippen molar-refractivity contribution in [3.8, 4) is 17.3 Å². The first-order valence-corrected chi connectivity index (χ1v) is 13.1. The van der Waals surface area contributed by atoms with Gasteiger partial charge in [0, 0.05) is 68.3 Å². The highest BCUT2D eigenvalue weighted by Gasteiger charge is 2.17. The number of carbonyl (C=O) groups excluding carboxylic acids is 1. The molecule has 41 heavy (non-hydrogen) atoms. The van der Waals surface area contributed by atoms with Gasteiger partial charge >= 0.3 is 0 Å². The van der Waals surface area contributed by atoms with Crippen molar-refractivity contribution in [2.75, 3.05) is 55.3 Å². The first-order valence-electron chi connectivity index (χ1n) is 13.1. The largest absolute Gasteiger partial charge is 0.369 e. The summed E-state index contributed by atoms with van der Waals surface area (Å²) in [5.41, 5.74) is 3.46. The molecule has 3 aromatic heterocycles. The van der Waals surface area contributed by atoms with Crippen LogP contribution < -0.4 is 20.9 Å². The Morgan fingerprint density at radius 2 is 1.76 bits per heavy atom. The van der Waals surface area contributed by atoms with Gasteiger partial charge in [-0.1, -0.05) is 12.1 Å². The van der Waals surface area contributed by atoms with Gasteiger partial charge in [-0.15, -0.1) is 6.58 Å². The Morgan fingerprint density at radius 1 is 1.00 bits per heavy atom. The van der Waals surface area contributed by atoms with Crippen LogP contribution in [0.2, 0.25) is 0 Å². The second-order valence-electron chi connectivity index (χ2n) is 9.36. The fraction of sp³-hybridized carbons (Fsp3) is 0.207. The predicted molar refractivity (Wildman–Crippen MR) is 157 cm³/mol. The molecule has 1 fully saturated rings. The van der Waals surface area contributed by atoms with E-state index in [4.69, 9.17) is 5.26 Å². The van der Waals surface area contributed by atoms with Gasteiger partial charge < -0.3 is 25.8 Å². The molecule has 0 bridgehead atoms. The lowest BCUT2D eigenvalue weighted by Gasteiger charge is -2.34. The molecule has 1 aromatic carbocycles. The average Bonchev–Trinajstić information content (AvgIpc) is 3.01. The van der Waals surface area contributed by atoms with Crippen molar-refractivity contribution >= 4 is 34.9 Å². The van der Waals surface area contributed by atoms with Crippen molar-refractivity contribution in [1.29, 1.82) is 5.26 Å². The lowest BCUT2D eigenvalue weighted by Crippen LogP contribution is -2.44. The Hall–Kier alpha value is -5.41. The maximum atomic E-state index is 12.9. The molecule has 1 amide bonds. The zero-order valence-corrected chi connectivity index (χ0v) is 22.6. The number of rotatable bonds is 9. The van der Waals surface area contributed by atoms with Gasteiger partial charge in [0.1, 0.15) is 23.3 Å². The number of nitrogens with one attached hydrogen (secondary N) is 3. The second kappa shape index (κ2) is 12.6. The van der Waals surface area contributed by atoms with Crippen molar-refractivity contribution < 1.29 is 4.79 Å². The molecule has 0 atom stereocenters. The molecule has 0 aliphatic carbocycles. The van der Waals surface area contributed by atoms with E-state index in [9.17, 15) is 4.79 Å². The third-order valence-corrected chi connectivity index (χ3v) is 6.48. The summed E-state index contributed by atoms with van der Waals surface area (Å²) in [6.07, 6.45) is 6.13. The number of aromatic nitrogens is 5. The highest BCUT2D eigenvalue weighted by Crippen LogP contribution is 2.25. The van der Waals surface area contributed by atoms with Gasteiger partial charge in [-0.05, 0) is 43.4 Å². The van der Waals surface area contributed by atoms with E-state index in [0.29, 0.717) is 29.6 Å². The van der Waals surface area contributed by atoms with Crippen LogP contribution in [-0.4, -0.2) is 75.5 Å². The summed E-state index contributed by atoms with van der Waals surface area (Å²) in [5, 5.41) is 18.1. The smallest absolute Gasteiger partial charge is 0.256 e. The third kappa shape index (κ3) is 6.78. The quantitative estimate of drug-likeness (QED) is 0.265. The molecule has 5 rings (SSSR count). The molecule has 1 aliphatic rings. The topological polar surface area (TPSA) is 148 Å². The third-order valence-electron chi connectivity index (χ3n) is 6.48. The van der Waals surface area contributed by atoms with Gasteiger partial charge in [0.15, 0.2) is 0 Å². The van der Waals surface area contributed by atoms with Gasteiger partial charge in [-0.25, -0.2) is 19.9 Å². The minimum atomic E-state index is -0.355. The van der Waals surface area contributed by atoms with Crippen molar-refractivity contribution in [3.63, 3.8) is 0 Å². The molecule has 0 unspecified atom stereocenters. The van der Waals surface area contributed by atoms with E-state index < -0.39 is 0 Å². The number of hydrogen-bond donors (Lipinski definition) is 3. The fourth-order valence-corrected chi connectivity index (χ4v) is 4.22. The summed E-state index contributed by atoms with van der Waals surface area (Å²) >= 11 is 0. The first kappa shape index (κ1) is 27.2. The molecule has 0 saturated carbocycles. The standard InChI is InChI=1S/C29H29N11O/c1-3-11-31-28(41)23-19-34-29(35-21-7-9-22(10-8-21)40-14-12-39(2)13-15-40)38-27(23)37-25-6-4-5-24(36-25)20-17-32-26(16-30)33-18-20/h3-10,17-19H,1,11-15H2,2H3,(H,31,41)(H2,34,35,36,37,38). The minimum absolute atomic E-state index is 0.0770. The monoisotopic (exact) mass is 547 g/mol. The van der Waals surface area contributed by atoms with Crippen LogP contribution in [0, 0.1) is 11.3 Å². The Bertz CT molecular complexity index is 1560. The molecule has 206 valence electrons. The van der Waals surface area contributed by atoms with E-state index in [0.717, 1.165) is 31.9 Å². The van der Waals surface area contributed by atoms with E-state index in [-0.39, 0.29) is 23.1 Å². The van der Waals surface area contributed by atoms with Gasteiger partial charge in [-0.2, -0.15) is 10.2 Å². The Balaban J connectivity index is 1.37. The Labute approximate surface area is 237 Å². The number of hydrogen-bond acceptors (Lipinski definition) is 11. The first-order chi connectivity index (χ1) is 20.0. The molecule has 1 aliphatic heterocycles. The number of likely N-dealkylation sites (N-methyl/N-ethyl adjacent to an activating group) is 1. The fourth-order valence-electron chi connectivity index (χ4n) is 4.22. The van der Waals surface area contributed by atoms with Crippen LogP contribution in [0.4, 0.5) is 29.0 Å². The van der Waals surface area contributed by atoms with Crippen molar-refractivity contribution in [3.05, 3.63) is 85.1 Å². The summed E-state index contributed by atoms with van der Waals surface area (Å²) in [6.45, 7) is 8.00. The van der Waals surface area contributed by atoms with Crippen molar-refractivity contribution in [2.24, 2.45) is 0 Å². The summed E-state index contributed by atoms with van der Waals surface area (Å²) in [7, 11) is 2.14. The summed E-state index contributed by atoms with van der Waals surface area (Å²) in [4.78, 5) is 39.2. The number of nitrogens with zero attached hydrogens (tertiary/aromatic N) is 8. The predicted octanol–water partition coefficient (Wildman–Crippen LogP) is 3.36. The molecular weight excluding hydrogens is 518 g/mol. The zero-order chi connectivity index (χ0) is 28.6. The number of carbonyl (C=O) groups is 1. The van der Waals surface area contributed by atoms with Gasteiger partial charge in [0.05, 0.1) is 5.69 Å². The number of amides is 1. The SMILES string of the molecule is C=CCNC(=O)c1cnc(Nc2ccc(N3CCN(C)CC3)cc2)nc1Nc1cccc(-c2cnc(C#N)nc2)n1. The Kier molecular flexibility index (Phi) is 8.37. The molecule has 1 saturated heterocycles. The zero-order valence-electron chi connectivity index (χ0n) is 22.6. The Morgan fingerprint density at radius 3 is 2.46 bits per heavy atom. The summed E-state index contributed by atoms with van der Waals surface area (Å²) in [5.74, 6) is 0.765. The van der Waals surface area contributed by atoms with Gasteiger partial charge in [0.25, 0.3) is 5.91 Å². The average molecular weight is 548 g/mol. The van der Waals surface area contributed by atoms with Crippen LogP contribution in [-0.2, 0) is 0 Å².